The summed E-state index contributed by atoms with van der Waals surface area (Å²) in [4.78, 5) is 4.15. The molecule has 0 saturated heterocycles. The minimum atomic E-state index is 0.400. The van der Waals surface area contributed by atoms with E-state index in [4.69, 9.17) is 16.3 Å². The van der Waals surface area contributed by atoms with Crippen LogP contribution in [-0.2, 0) is 19.0 Å². The van der Waals surface area contributed by atoms with Crippen LogP contribution in [0.4, 0.5) is 0 Å². The van der Waals surface area contributed by atoms with Crippen molar-refractivity contribution in [3.63, 3.8) is 0 Å². The van der Waals surface area contributed by atoms with Crippen LogP contribution in [0.15, 0.2) is 29.0 Å². The maximum atomic E-state index is 5.84. The standard InChI is InChI=1S/C12H13BrClN3O/c1-2-17-12(15-8-16-17)7-18-10-3-4-11(13)9(5-10)6-14/h3-5,8H,2,6-7H2,1H3. The summed E-state index contributed by atoms with van der Waals surface area (Å²) in [5.41, 5.74) is 1.01. The Hall–Kier alpha value is -1.07. The lowest BCUT2D eigenvalue weighted by molar-refractivity contribution is 0.287. The zero-order valence-corrected chi connectivity index (χ0v) is 12.3. The summed E-state index contributed by atoms with van der Waals surface area (Å²) in [7, 11) is 0. The van der Waals surface area contributed by atoms with Gasteiger partial charge in [-0.3, -0.25) is 0 Å². The molecule has 0 aliphatic rings. The third-order valence-corrected chi connectivity index (χ3v) is 3.59. The van der Waals surface area contributed by atoms with Gasteiger partial charge < -0.3 is 4.74 Å². The topological polar surface area (TPSA) is 39.9 Å². The first kappa shape index (κ1) is 13.4. The molecule has 0 spiro atoms. The molecule has 0 N–H and O–H groups in total. The second-order valence-corrected chi connectivity index (χ2v) is 4.79. The van der Waals surface area contributed by atoms with Gasteiger partial charge in [0, 0.05) is 16.9 Å². The first-order valence-corrected chi connectivity index (χ1v) is 6.91. The van der Waals surface area contributed by atoms with E-state index < -0.39 is 0 Å². The smallest absolute Gasteiger partial charge is 0.164 e. The van der Waals surface area contributed by atoms with E-state index in [-0.39, 0.29) is 0 Å². The average molecular weight is 331 g/mol. The van der Waals surface area contributed by atoms with Crippen LogP contribution >= 0.6 is 27.5 Å². The molecule has 4 nitrogen and oxygen atoms in total. The number of halogens is 2. The van der Waals surface area contributed by atoms with E-state index >= 15 is 0 Å². The zero-order chi connectivity index (χ0) is 13.0. The lowest BCUT2D eigenvalue weighted by atomic mass is 10.2. The first-order chi connectivity index (χ1) is 8.74. The number of ether oxygens (including phenoxy) is 1. The Morgan fingerprint density at radius 3 is 3.00 bits per heavy atom. The summed E-state index contributed by atoms with van der Waals surface area (Å²) in [5.74, 6) is 2.04. The molecular formula is C12H13BrClN3O. The van der Waals surface area contributed by atoms with E-state index in [1.807, 2.05) is 25.1 Å². The Balaban J connectivity index is 2.06. The number of aryl methyl sites for hydroxylation is 1. The normalized spacial score (nSPS) is 10.6. The monoisotopic (exact) mass is 329 g/mol. The molecule has 2 aromatic rings. The van der Waals surface area contributed by atoms with E-state index in [0.29, 0.717) is 12.5 Å². The fourth-order valence-corrected chi connectivity index (χ4v) is 2.32. The maximum absolute atomic E-state index is 5.84. The highest BCUT2D eigenvalue weighted by Crippen LogP contribution is 2.24. The first-order valence-electron chi connectivity index (χ1n) is 5.58. The molecule has 1 heterocycles. The fourth-order valence-electron chi connectivity index (χ4n) is 1.56. The predicted molar refractivity (Wildman–Crippen MR) is 73.7 cm³/mol. The number of nitrogens with zero attached hydrogens (tertiary/aromatic N) is 3. The molecule has 0 radical (unpaired) electrons. The van der Waals surface area contributed by atoms with E-state index in [1.54, 1.807) is 4.68 Å². The SMILES string of the molecule is CCn1ncnc1COc1ccc(Br)c(CCl)c1. The van der Waals surface area contributed by atoms with Gasteiger partial charge in [0.25, 0.3) is 0 Å². The van der Waals surface area contributed by atoms with Crippen molar-refractivity contribution in [1.82, 2.24) is 14.8 Å². The Morgan fingerprint density at radius 2 is 2.28 bits per heavy atom. The fraction of sp³-hybridized carbons (Fsp3) is 0.333. The summed E-state index contributed by atoms with van der Waals surface area (Å²) in [5, 5.41) is 4.09. The Kier molecular flexibility index (Phi) is 4.60. The number of benzene rings is 1. The Labute approximate surface area is 119 Å². The molecule has 2 rings (SSSR count). The lowest BCUT2D eigenvalue weighted by Crippen LogP contribution is -2.07. The summed E-state index contributed by atoms with van der Waals surface area (Å²) >= 11 is 9.28. The largest absolute Gasteiger partial charge is 0.486 e. The van der Waals surface area contributed by atoms with Gasteiger partial charge in [0.1, 0.15) is 18.7 Å². The molecule has 0 amide bonds. The highest BCUT2D eigenvalue weighted by atomic mass is 79.9. The highest BCUT2D eigenvalue weighted by Gasteiger charge is 2.05. The predicted octanol–water partition coefficient (Wildman–Crippen LogP) is 3.38. The minimum Gasteiger partial charge on any atom is -0.486 e. The van der Waals surface area contributed by atoms with E-state index in [1.165, 1.54) is 6.33 Å². The van der Waals surface area contributed by atoms with Crippen molar-refractivity contribution < 1.29 is 4.74 Å². The van der Waals surface area contributed by atoms with Gasteiger partial charge in [-0.15, -0.1) is 11.6 Å². The Morgan fingerprint density at radius 1 is 1.44 bits per heavy atom. The molecule has 0 saturated carbocycles. The number of alkyl halides is 1. The van der Waals surface area contributed by atoms with Gasteiger partial charge in [-0.25, -0.2) is 9.67 Å². The third kappa shape index (κ3) is 3.03. The van der Waals surface area contributed by atoms with Crippen molar-refractivity contribution in [3.8, 4) is 5.75 Å². The second-order valence-electron chi connectivity index (χ2n) is 3.67. The van der Waals surface area contributed by atoms with Crippen LogP contribution in [-0.4, -0.2) is 14.8 Å². The van der Waals surface area contributed by atoms with Gasteiger partial charge in [-0.2, -0.15) is 5.10 Å². The second kappa shape index (κ2) is 6.20. The number of aromatic nitrogens is 3. The highest BCUT2D eigenvalue weighted by molar-refractivity contribution is 9.10. The van der Waals surface area contributed by atoms with E-state index in [2.05, 4.69) is 26.0 Å². The van der Waals surface area contributed by atoms with E-state index in [0.717, 1.165) is 28.2 Å². The van der Waals surface area contributed by atoms with Crippen molar-refractivity contribution in [1.29, 1.82) is 0 Å². The molecule has 6 heteroatoms. The van der Waals surface area contributed by atoms with Crippen LogP contribution < -0.4 is 4.74 Å². The number of rotatable bonds is 5. The molecule has 0 aliphatic heterocycles. The molecule has 0 fully saturated rings. The van der Waals surface area contributed by atoms with Gasteiger partial charge in [0.2, 0.25) is 0 Å². The minimum absolute atomic E-state index is 0.400. The zero-order valence-electron chi connectivity index (χ0n) is 9.94. The molecule has 18 heavy (non-hydrogen) atoms. The van der Waals surface area contributed by atoms with Crippen LogP contribution in [0.5, 0.6) is 5.75 Å². The van der Waals surface area contributed by atoms with Gasteiger partial charge in [0.05, 0.1) is 0 Å². The third-order valence-electron chi connectivity index (χ3n) is 2.52. The maximum Gasteiger partial charge on any atom is 0.164 e. The lowest BCUT2D eigenvalue weighted by Gasteiger charge is -2.08. The molecule has 1 aromatic heterocycles. The van der Waals surface area contributed by atoms with Crippen molar-refractivity contribution >= 4 is 27.5 Å². The van der Waals surface area contributed by atoms with Crippen molar-refractivity contribution in [2.24, 2.45) is 0 Å². The van der Waals surface area contributed by atoms with Gasteiger partial charge >= 0.3 is 0 Å². The van der Waals surface area contributed by atoms with Crippen molar-refractivity contribution in [3.05, 3.63) is 40.4 Å². The van der Waals surface area contributed by atoms with Crippen molar-refractivity contribution in [2.75, 3.05) is 0 Å². The summed E-state index contributed by atoms with van der Waals surface area (Å²) < 4.78 is 8.48. The van der Waals surface area contributed by atoms with Crippen LogP contribution in [0.3, 0.4) is 0 Å². The quantitative estimate of drug-likeness (QED) is 0.789. The van der Waals surface area contributed by atoms with Crippen molar-refractivity contribution in [2.45, 2.75) is 26.0 Å². The van der Waals surface area contributed by atoms with Crippen LogP contribution in [0, 0.1) is 0 Å². The molecule has 0 bridgehead atoms. The van der Waals surface area contributed by atoms with Gasteiger partial charge in [-0.05, 0) is 30.7 Å². The summed E-state index contributed by atoms with van der Waals surface area (Å²) in [6.07, 6.45) is 1.54. The van der Waals surface area contributed by atoms with E-state index in [9.17, 15) is 0 Å². The Bertz CT molecular complexity index is 530. The van der Waals surface area contributed by atoms with Crippen LogP contribution in [0.2, 0.25) is 0 Å². The number of hydrogen-bond acceptors (Lipinski definition) is 3. The average Bonchev–Trinajstić information content (AvgIpc) is 2.85. The summed E-state index contributed by atoms with van der Waals surface area (Å²) in [6, 6.07) is 5.74. The molecule has 0 aliphatic carbocycles. The molecule has 96 valence electrons. The molecule has 0 atom stereocenters. The van der Waals surface area contributed by atoms with Gasteiger partial charge in [-0.1, -0.05) is 15.9 Å². The van der Waals surface area contributed by atoms with Gasteiger partial charge in [0.15, 0.2) is 5.82 Å². The van der Waals surface area contributed by atoms with Crippen LogP contribution in [0.25, 0.3) is 0 Å². The molecular weight excluding hydrogens is 318 g/mol. The van der Waals surface area contributed by atoms with Crippen LogP contribution in [0.1, 0.15) is 18.3 Å². The summed E-state index contributed by atoms with van der Waals surface area (Å²) in [6.45, 7) is 3.20. The number of hydrogen-bond donors (Lipinski definition) is 0. The molecule has 0 unspecified atom stereocenters. The molecule has 1 aromatic carbocycles.